The zero-order valence-corrected chi connectivity index (χ0v) is 22.6. The molecule has 0 unspecified atom stereocenters. The minimum Gasteiger partial charge on any atom is -0.487 e. The van der Waals surface area contributed by atoms with Crippen LogP contribution in [0.3, 0.4) is 0 Å². The number of nitrogens with zero attached hydrogens (tertiary/aromatic N) is 1. The zero-order valence-electron chi connectivity index (χ0n) is 15.8. The van der Waals surface area contributed by atoms with Crippen LogP contribution in [0.4, 0.5) is 5.69 Å². The number of carbonyl (C=O) groups excluding carboxylic acids is 1. The van der Waals surface area contributed by atoms with Crippen LogP contribution in [0, 0.1) is 7.14 Å². The van der Waals surface area contributed by atoms with Crippen molar-refractivity contribution < 1.29 is 9.53 Å². The maximum Gasteiger partial charge on any atom is 0.270 e. The Labute approximate surface area is 222 Å². The number of amides is 1. The van der Waals surface area contributed by atoms with Crippen molar-refractivity contribution in [2.24, 2.45) is 0 Å². The van der Waals surface area contributed by atoms with Crippen LogP contribution in [0.5, 0.6) is 5.75 Å². The molecule has 1 saturated heterocycles. The fourth-order valence-corrected chi connectivity index (χ4v) is 6.52. The van der Waals surface area contributed by atoms with Gasteiger partial charge in [-0.1, -0.05) is 65.9 Å². The van der Waals surface area contributed by atoms with Crippen molar-refractivity contribution in [3.8, 4) is 5.75 Å². The Morgan fingerprint density at radius 2 is 1.68 bits per heavy atom. The van der Waals surface area contributed by atoms with Gasteiger partial charge in [0.1, 0.15) is 12.4 Å². The van der Waals surface area contributed by atoms with Gasteiger partial charge in [0.05, 0.1) is 17.7 Å². The number of hydrogen-bond donors (Lipinski definition) is 0. The standard InChI is InChI=1S/C23H14ClI2NO2S2/c24-16-6-8-17(9-7-16)27-22(28)20(31-23(27)30)12-15-10-18(25)21(19(26)11-15)29-13-14-4-2-1-3-5-14/h1-12H,13H2/b20-12-. The van der Waals surface area contributed by atoms with Crippen LogP contribution in [0.2, 0.25) is 5.02 Å². The summed E-state index contributed by atoms with van der Waals surface area (Å²) in [4.78, 5) is 15.1. The second-order valence-corrected chi connectivity index (χ2v) is 11.0. The van der Waals surface area contributed by atoms with E-state index in [0.29, 0.717) is 26.5 Å². The number of thioether (sulfide) groups is 1. The second kappa shape index (κ2) is 10.2. The molecule has 1 aliphatic heterocycles. The van der Waals surface area contributed by atoms with Gasteiger partial charge in [-0.3, -0.25) is 9.69 Å². The molecule has 0 atom stereocenters. The van der Waals surface area contributed by atoms with Crippen LogP contribution >= 0.6 is 80.8 Å². The van der Waals surface area contributed by atoms with Crippen LogP contribution < -0.4 is 9.64 Å². The van der Waals surface area contributed by atoms with E-state index in [4.69, 9.17) is 28.6 Å². The summed E-state index contributed by atoms with van der Waals surface area (Å²) in [5, 5.41) is 0.614. The Morgan fingerprint density at radius 3 is 2.32 bits per heavy atom. The summed E-state index contributed by atoms with van der Waals surface area (Å²) >= 11 is 17.2. The SMILES string of the molecule is O=C1/C(=C/c2cc(I)c(OCc3ccccc3)c(I)c2)SC(=S)N1c1ccc(Cl)cc1. The fraction of sp³-hybridized carbons (Fsp3) is 0.0435. The minimum absolute atomic E-state index is 0.133. The first-order chi connectivity index (χ1) is 14.9. The molecule has 1 heterocycles. The summed E-state index contributed by atoms with van der Waals surface area (Å²) in [7, 11) is 0. The van der Waals surface area contributed by atoms with Gasteiger partial charge in [0.15, 0.2) is 4.32 Å². The average molecular weight is 690 g/mol. The van der Waals surface area contributed by atoms with Crippen molar-refractivity contribution in [1.82, 2.24) is 0 Å². The molecule has 156 valence electrons. The van der Waals surface area contributed by atoms with Crippen LogP contribution in [-0.4, -0.2) is 10.2 Å². The Kier molecular flexibility index (Phi) is 7.58. The number of ether oxygens (including phenoxy) is 1. The maximum atomic E-state index is 13.0. The molecule has 31 heavy (non-hydrogen) atoms. The lowest BCUT2D eigenvalue weighted by atomic mass is 10.2. The van der Waals surface area contributed by atoms with E-state index in [-0.39, 0.29) is 5.91 Å². The monoisotopic (exact) mass is 689 g/mol. The zero-order chi connectivity index (χ0) is 22.0. The summed E-state index contributed by atoms with van der Waals surface area (Å²) in [5.41, 5.74) is 2.76. The molecule has 1 aliphatic rings. The molecule has 0 aromatic heterocycles. The predicted octanol–water partition coefficient (Wildman–Crippen LogP) is 7.53. The number of carbonyl (C=O) groups is 1. The van der Waals surface area contributed by atoms with E-state index in [0.717, 1.165) is 24.0 Å². The molecule has 0 aliphatic carbocycles. The fourth-order valence-electron chi connectivity index (χ4n) is 2.96. The summed E-state index contributed by atoms with van der Waals surface area (Å²) in [5.74, 6) is 0.711. The van der Waals surface area contributed by atoms with Crippen molar-refractivity contribution in [3.05, 3.63) is 94.9 Å². The summed E-state index contributed by atoms with van der Waals surface area (Å²) < 4.78 is 8.53. The van der Waals surface area contributed by atoms with E-state index in [2.05, 4.69) is 45.2 Å². The van der Waals surface area contributed by atoms with E-state index in [1.54, 1.807) is 24.3 Å². The predicted molar refractivity (Wildman–Crippen MR) is 150 cm³/mol. The van der Waals surface area contributed by atoms with Crippen molar-refractivity contribution in [1.29, 1.82) is 0 Å². The highest BCUT2D eigenvalue weighted by atomic mass is 127. The molecule has 3 nitrogen and oxygen atoms in total. The number of halogens is 3. The van der Waals surface area contributed by atoms with Crippen LogP contribution in [-0.2, 0) is 11.4 Å². The number of thiocarbonyl (C=S) groups is 1. The van der Waals surface area contributed by atoms with E-state index < -0.39 is 0 Å². The molecule has 3 aromatic rings. The number of rotatable bonds is 5. The normalized spacial score (nSPS) is 15.1. The second-order valence-electron chi connectivity index (χ2n) is 6.58. The Morgan fingerprint density at radius 1 is 1.03 bits per heavy atom. The first-order valence-electron chi connectivity index (χ1n) is 9.11. The molecular formula is C23H14ClI2NO2S2. The first kappa shape index (κ1) is 23.0. The molecule has 8 heteroatoms. The minimum atomic E-state index is -0.133. The van der Waals surface area contributed by atoms with Gasteiger partial charge in [-0.05, 0) is 98.8 Å². The number of anilines is 1. The third-order valence-electron chi connectivity index (χ3n) is 4.42. The van der Waals surface area contributed by atoms with Crippen molar-refractivity contribution in [3.63, 3.8) is 0 Å². The molecular weight excluding hydrogens is 676 g/mol. The topological polar surface area (TPSA) is 29.5 Å². The third-order valence-corrected chi connectivity index (χ3v) is 7.58. The van der Waals surface area contributed by atoms with Gasteiger partial charge in [-0.2, -0.15) is 0 Å². The lowest BCUT2D eigenvalue weighted by Gasteiger charge is -2.14. The summed E-state index contributed by atoms with van der Waals surface area (Å²) in [6.45, 7) is 0.506. The molecule has 0 N–H and O–H groups in total. The highest BCUT2D eigenvalue weighted by molar-refractivity contribution is 14.1. The largest absolute Gasteiger partial charge is 0.487 e. The molecule has 3 aromatic carbocycles. The van der Waals surface area contributed by atoms with Gasteiger partial charge in [0.2, 0.25) is 0 Å². The highest BCUT2D eigenvalue weighted by Gasteiger charge is 2.33. The molecule has 4 rings (SSSR count). The van der Waals surface area contributed by atoms with Crippen LogP contribution in [0.1, 0.15) is 11.1 Å². The number of benzene rings is 3. The molecule has 0 radical (unpaired) electrons. The Hall–Kier alpha value is -1.14. The molecule has 0 bridgehead atoms. The van der Waals surface area contributed by atoms with E-state index >= 15 is 0 Å². The first-order valence-corrected chi connectivity index (χ1v) is 12.9. The van der Waals surface area contributed by atoms with Crippen molar-refractivity contribution >= 4 is 103 Å². The van der Waals surface area contributed by atoms with Crippen LogP contribution in [0.25, 0.3) is 6.08 Å². The van der Waals surface area contributed by atoms with Gasteiger partial charge in [0.25, 0.3) is 5.91 Å². The van der Waals surface area contributed by atoms with Gasteiger partial charge in [0, 0.05) is 5.02 Å². The third kappa shape index (κ3) is 5.44. The van der Waals surface area contributed by atoms with E-state index in [1.807, 2.05) is 48.5 Å². The maximum absolute atomic E-state index is 13.0. The van der Waals surface area contributed by atoms with E-state index in [1.165, 1.54) is 16.7 Å². The lowest BCUT2D eigenvalue weighted by Crippen LogP contribution is -2.27. The Bertz CT molecular complexity index is 1160. The lowest BCUT2D eigenvalue weighted by molar-refractivity contribution is -0.113. The smallest absolute Gasteiger partial charge is 0.270 e. The molecule has 0 saturated carbocycles. The van der Waals surface area contributed by atoms with Crippen LogP contribution in [0.15, 0.2) is 71.6 Å². The summed E-state index contributed by atoms with van der Waals surface area (Å²) in [6, 6.07) is 21.2. The van der Waals surface area contributed by atoms with Gasteiger partial charge >= 0.3 is 0 Å². The Balaban J connectivity index is 1.55. The van der Waals surface area contributed by atoms with Gasteiger partial charge in [-0.25, -0.2) is 0 Å². The molecule has 0 spiro atoms. The van der Waals surface area contributed by atoms with Gasteiger partial charge in [-0.15, -0.1) is 0 Å². The molecule has 1 fully saturated rings. The van der Waals surface area contributed by atoms with E-state index in [9.17, 15) is 4.79 Å². The highest BCUT2D eigenvalue weighted by Crippen LogP contribution is 2.37. The summed E-state index contributed by atoms with van der Waals surface area (Å²) in [6.07, 6.45) is 1.88. The number of hydrogen-bond acceptors (Lipinski definition) is 4. The van der Waals surface area contributed by atoms with Crippen molar-refractivity contribution in [2.75, 3.05) is 4.90 Å². The van der Waals surface area contributed by atoms with Crippen molar-refractivity contribution in [2.45, 2.75) is 6.61 Å². The quantitative estimate of drug-likeness (QED) is 0.158. The average Bonchev–Trinajstić information content (AvgIpc) is 3.02. The van der Waals surface area contributed by atoms with Gasteiger partial charge < -0.3 is 4.74 Å². The molecule has 1 amide bonds.